The molecule has 0 spiro atoms. The van der Waals surface area contributed by atoms with E-state index in [1.54, 1.807) is 12.1 Å². The molecule has 1 aromatic heterocycles. The molecule has 1 aliphatic carbocycles. The summed E-state index contributed by atoms with van der Waals surface area (Å²) >= 11 is 12.8. The third-order valence-corrected chi connectivity index (χ3v) is 5.65. The predicted molar refractivity (Wildman–Crippen MR) is 114 cm³/mol. The van der Waals surface area contributed by atoms with Gasteiger partial charge in [0.15, 0.2) is 0 Å². The van der Waals surface area contributed by atoms with E-state index in [9.17, 15) is 4.79 Å². The lowest BCUT2D eigenvalue weighted by atomic mass is 9.99. The SMILES string of the molecule is Cc1cc(Cl)cc2c(Cl)c(C3=CC=C(c4ccc(C(=O)O)cc4)CCC3)oc12. The summed E-state index contributed by atoms with van der Waals surface area (Å²) in [6, 6.07) is 10.7. The lowest BCUT2D eigenvalue weighted by Crippen LogP contribution is -1.95. The Kier molecular flexibility index (Phi) is 5.05. The fourth-order valence-corrected chi connectivity index (χ4v) is 4.17. The second-order valence-corrected chi connectivity index (χ2v) is 7.78. The maximum atomic E-state index is 11.0. The number of carbonyl (C=O) groups is 1. The Balaban J connectivity index is 1.71. The molecule has 0 radical (unpaired) electrons. The Bertz CT molecular complexity index is 1130. The summed E-state index contributed by atoms with van der Waals surface area (Å²) in [6.45, 7) is 1.96. The number of rotatable bonds is 3. The maximum Gasteiger partial charge on any atom is 0.335 e. The third-order valence-electron chi connectivity index (χ3n) is 5.05. The maximum absolute atomic E-state index is 11.0. The quantitative estimate of drug-likeness (QED) is 0.487. The van der Waals surface area contributed by atoms with Gasteiger partial charge in [0.05, 0.1) is 10.6 Å². The van der Waals surface area contributed by atoms with Gasteiger partial charge in [0.25, 0.3) is 0 Å². The van der Waals surface area contributed by atoms with Crippen molar-refractivity contribution in [2.24, 2.45) is 0 Å². The van der Waals surface area contributed by atoms with Crippen molar-refractivity contribution >= 4 is 51.3 Å². The Hall–Kier alpha value is -2.49. The molecular weight excluding hydrogens is 395 g/mol. The number of aryl methyl sites for hydroxylation is 1. The van der Waals surface area contributed by atoms with Gasteiger partial charge in [-0.15, -0.1) is 0 Å². The smallest absolute Gasteiger partial charge is 0.335 e. The number of furan rings is 1. The summed E-state index contributed by atoms with van der Waals surface area (Å²) < 4.78 is 6.11. The number of hydrogen-bond donors (Lipinski definition) is 1. The second-order valence-electron chi connectivity index (χ2n) is 6.96. The molecule has 28 heavy (non-hydrogen) atoms. The third kappa shape index (κ3) is 3.48. The van der Waals surface area contributed by atoms with E-state index in [2.05, 4.69) is 6.08 Å². The zero-order valence-electron chi connectivity index (χ0n) is 15.3. The molecule has 2 aromatic carbocycles. The Morgan fingerprint density at radius 3 is 2.43 bits per heavy atom. The average molecular weight is 413 g/mol. The van der Waals surface area contributed by atoms with Crippen molar-refractivity contribution in [3.8, 4) is 0 Å². The fraction of sp³-hybridized carbons (Fsp3) is 0.174. The zero-order chi connectivity index (χ0) is 19.8. The van der Waals surface area contributed by atoms with Crippen LogP contribution in [-0.2, 0) is 0 Å². The van der Waals surface area contributed by atoms with Gasteiger partial charge in [-0.05, 0) is 72.7 Å². The number of halogens is 2. The highest BCUT2D eigenvalue weighted by atomic mass is 35.5. The van der Waals surface area contributed by atoms with Crippen LogP contribution < -0.4 is 0 Å². The van der Waals surface area contributed by atoms with E-state index in [0.717, 1.165) is 46.9 Å². The van der Waals surface area contributed by atoms with Gasteiger partial charge < -0.3 is 9.52 Å². The molecule has 0 atom stereocenters. The summed E-state index contributed by atoms with van der Waals surface area (Å²) in [5.74, 6) is -0.223. The van der Waals surface area contributed by atoms with Crippen molar-refractivity contribution < 1.29 is 14.3 Å². The molecule has 0 amide bonds. The largest absolute Gasteiger partial charge is 0.478 e. The molecule has 3 nitrogen and oxygen atoms in total. The van der Waals surface area contributed by atoms with Gasteiger partial charge >= 0.3 is 5.97 Å². The number of carboxylic acid groups (broad SMARTS) is 1. The van der Waals surface area contributed by atoms with E-state index in [1.807, 2.05) is 37.3 Å². The van der Waals surface area contributed by atoms with Gasteiger partial charge in [-0.2, -0.15) is 0 Å². The fourth-order valence-electron chi connectivity index (χ4n) is 3.60. The van der Waals surface area contributed by atoms with Crippen molar-refractivity contribution in [3.63, 3.8) is 0 Å². The van der Waals surface area contributed by atoms with Crippen LogP contribution in [0, 0.1) is 6.92 Å². The molecular formula is C23H18Cl2O3. The van der Waals surface area contributed by atoms with E-state index in [0.29, 0.717) is 15.8 Å². The molecule has 0 saturated heterocycles. The Labute approximate surface area is 172 Å². The van der Waals surface area contributed by atoms with Crippen LogP contribution in [-0.4, -0.2) is 11.1 Å². The van der Waals surface area contributed by atoms with Crippen molar-refractivity contribution in [2.45, 2.75) is 26.2 Å². The first-order valence-corrected chi connectivity index (χ1v) is 9.81. The van der Waals surface area contributed by atoms with Crippen molar-refractivity contribution in [3.05, 3.63) is 81.0 Å². The Morgan fingerprint density at radius 1 is 1.04 bits per heavy atom. The van der Waals surface area contributed by atoms with Crippen LogP contribution in [0.25, 0.3) is 22.1 Å². The molecule has 1 N–H and O–H groups in total. The van der Waals surface area contributed by atoms with Crippen LogP contribution in [0.4, 0.5) is 0 Å². The van der Waals surface area contributed by atoms with Gasteiger partial charge in [-0.3, -0.25) is 0 Å². The number of hydrogen-bond acceptors (Lipinski definition) is 2. The lowest BCUT2D eigenvalue weighted by Gasteiger charge is -2.06. The van der Waals surface area contributed by atoms with Crippen LogP contribution in [0.5, 0.6) is 0 Å². The minimum Gasteiger partial charge on any atom is -0.478 e. The minimum absolute atomic E-state index is 0.289. The van der Waals surface area contributed by atoms with Gasteiger partial charge in [0.1, 0.15) is 11.3 Å². The summed E-state index contributed by atoms with van der Waals surface area (Å²) in [7, 11) is 0. The lowest BCUT2D eigenvalue weighted by molar-refractivity contribution is 0.0697. The highest BCUT2D eigenvalue weighted by molar-refractivity contribution is 6.38. The molecule has 0 bridgehead atoms. The first-order chi connectivity index (χ1) is 13.4. The van der Waals surface area contributed by atoms with E-state index in [1.165, 1.54) is 5.57 Å². The molecule has 3 aromatic rings. The van der Waals surface area contributed by atoms with E-state index >= 15 is 0 Å². The number of fused-ring (bicyclic) bond motifs is 1. The molecule has 1 heterocycles. The van der Waals surface area contributed by atoms with Crippen LogP contribution >= 0.6 is 23.2 Å². The molecule has 142 valence electrons. The summed E-state index contributed by atoms with van der Waals surface area (Å²) in [4.78, 5) is 11.0. The minimum atomic E-state index is -0.918. The molecule has 0 fully saturated rings. The highest BCUT2D eigenvalue weighted by Gasteiger charge is 2.19. The summed E-state index contributed by atoms with van der Waals surface area (Å²) in [5.41, 5.74) is 5.26. The molecule has 1 aliphatic rings. The standard InChI is InChI=1S/C23H18Cl2O3/c1-13-11-18(24)12-19-20(25)22(28-21(13)19)16-4-2-3-14(5-8-16)15-6-9-17(10-7-15)23(26)27/h5-12H,2-4H2,1H3,(H,26,27). The Morgan fingerprint density at radius 2 is 1.71 bits per heavy atom. The molecule has 0 saturated carbocycles. The molecule has 0 unspecified atom stereocenters. The monoisotopic (exact) mass is 412 g/mol. The van der Waals surface area contributed by atoms with Gasteiger partial charge in [-0.1, -0.05) is 47.5 Å². The van der Waals surface area contributed by atoms with Crippen LogP contribution in [0.3, 0.4) is 0 Å². The van der Waals surface area contributed by atoms with Crippen LogP contribution in [0.1, 0.15) is 46.5 Å². The van der Waals surface area contributed by atoms with Crippen molar-refractivity contribution in [1.82, 2.24) is 0 Å². The normalized spacial score (nSPS) is 14.5. The molecule has 0 aliphatic heterocycles. The van der Waals surface area contributed by atoms with E-state index in [4.69, 9.17) is 32.7 Å². The first-order valence-electron chi connectivity index (χ1n) is 9.06. The average Bonchev–Trinajstić information content (AvgIpc) is 2.85. The number of aromatic carboxylic acids is 1. The van der Waals surface area contributed by atoms with Crippen LogP contribution in [0.2, 0.25) is 10.0 Å². The van der Waals surface area contributed by atoms with Gasteiger partial charge in [0.2, 0.25) is 0 Å². The number of carboxylic acids is 1. The van der Waals surface area contributed by atoms with Crippen molar-refractivity contribution in [1.29, 1.82) is 0 Å². The molecule has 5 heteroatoms. The van der Waals surface area contributed by atoms with Gasteiger partial charge in [-0.25, -0.2) is 4.79 Å². The zero-order valence-corrected chi connectivity index (χ0v) is 16.8. The van der Waals surface area contributed by atoms with Gasteiger partial charge in [0, 0.05) is 10.4 Å². The number of benzene rings is 2. The summed E-state index contributed by atoms with van der Waals surface area (Å²) in [6.07, 6.45) is 6.82. The van der Waals surface area contributed by atoms with Crippen LogP contribution in [0.15, 0.2) is 53.0 Å². The summed E-state index contributed by atoms with van der Waals surface area (Å²) in [5, 5.41) is 11.1. The number of allylic oxidation sites excluding steroid dienone is 4. The van der Waals surface area contributed by atoms with E-state index < -0.39 is 5.97 Å². The predicted octanol–water partition coefficient (Wildman–Crippen LogP) is 7.40. The van der Waals surface area contributed by atoms with Crippen molar-refractivity contribution in [2.75, 3.05) is 0 Å². The van der Waals surface area contributed by atoms with E-state index in [-0.39, 0.29) is 5.56 Å². The first kappa shape index (κ1) is 18.9. The highest BCUT2D eigenvalue weighted by Crippen LogP contribution is 2.40. The second kappa shape index (κ2) is 7.50. The molecule has 4 rings (SSSR count). The topological polar surface area (TPSA) is 50.4 Å².